The Morgan fingerprint density at radius 1 is 1.50 bits per heavy atom. The van der Waals surface area contributed by atoms with Crippen molar-refractivity contribution in [3.63, 3.8) is 0 Å². The minimum atomic E-state index is -4.32. The molecule has 68 valence electrons. The first-order valence-electron chi connectivity index (χ1n) is 3.21. The Labute approximate surface area is 75.7 Å². The van der Waals surface area contributed by atoms with E-state index in [0.29, 0.717) is 6.26 Å². The molecule has 0 spiro atoms. The van der Waals surface area contributed by atoms with Crippen LogP contribution in [0.4, 0.5) is 13.2 Å². The zero-order valence-corrected chi connectivity index (χ0v) is 7.74. The molecule has 0 bridgehead atoms. The Hall–Kier alpha value is -0.450. The summed E-state index contributed by atoms with van der Waals surface area (Å²) in [5.74, 6) is 0.280. The summed E-state index contributed by atoms with van der Waals surface area (Å²) in [5, 5.41) is 0. The van der Waals surface area contributed by atoms with E-state index >= 15 is 0 Å². The van der Waals surface area contributed by atoms with Crippen LogP contribution in [0.5, 0.6) is 0 Å². The average Bonchev–Trinajstić information content (AvgIpc) is 2.30. The van der Waals surface area contributed by atoms with Crippen LogP contribution in [0.2, 0.25) is 0 Å². The molecule has 5 heteroatoms. The van der Waals surface area contributed by atoms with Gasteiger partial charge in [0.05, 0.1) is 10.4 Å². The molecular weight excluding hydrogens is 237 g/mol. The van der Waals surface area contributed by atoms with Gasteiger partial charge < -0.3 is 4.42 Å². The lowest BCUT2D eigenvalue weighted by atomic mass is 10.3. The molecule has 1 nitrogen and oxygen atoms in total. The minimum Gasteiger partial charge on any atom is -0.468 e. The zero-order chi connectivity index (χ0) is 9.35. The van der Waals surface area contributed by atoms with Crippen molar-refractivity contribution in [2.45, 2.75) is 17.9 Å². The van der Waals surface area contributed by atoms with Gasteiger partial charge in [-0.15, -0.1) is 0 Å². The summed E-state index contributed by atoms with van der Waals surface area (Å²) in [6.45, 7) is 1.69. The Morgan fingerprint density at radius 3 is 2.33 bits per heavy atom. The normalized spacial score (nSPS) is 14.8. The van der Waals surface area contributed by atoms with Gasteiger partial charge in [-0.05, 0) is 13.0 Å². The maximum atomic E-state index is 12.0. The summed E-state index contributed by atoms with van der Waals surface area (Å²) >= 11 is 3.10. The third-order valence-corrected chi connectivity index (χ3v) is 1.79. The molecule has 1 heterocycles. The van der Waals surface area contributed by atoms with Crippen LogP contribution in [0.25, 0.3) is 0 Å². The van der Waals surface area contributed by atoms with Crippen LogP contribution in [-0.4, -0.2) is 0 Å². The average molecular weight is 243 g/mol. The van der Waals surface area contributed by atoms with Gasteiger partial charge in [-0.2, -0.15) is 13.2 Å². The Balaban J connectivity index is 2.92. The first-order chi connectivity index (χ1) is 5.41. The van der Waals surface area contributed by atoms with Crippen LogP contribution in [-0.2, 0) is 6.18 Å². The molecule has 0 amide bonds. The maximum absolute atomic E-state index is 12.0. The quantitative estimate of drug-likeness (QED) is 0.684. The van der Waals surface area contributed by atoms with Crippen molar-refractivity contribution in [1.29, 1.82) is 0 Å². The van der Waals surface area contributed by atoms with Crippen molar-refractivity contribution < 1.29 is 17.6 Å². The van der Waals surface area contributed by atoms with E-state index in [0.717, 1.165) is 6.07 Å². The van der Waals surface area contributed by atoms with E-state index in [1.807, 2.05) is 0 Å². The largest absolute Gasteiger partial charge is 0.468 e. The number of furan rings is 1. The fraction of sp³-hybridized carbons (Fsp3) is 0.429. The number of hydrogen-bond acceptors (Lipinski definition) is 1. The summed E-state index contributed by atoms with van der Waals surface area (Å²) < 4.78 is 40.7. The predicted octanol–water partition coefficient (Wildman–Crippen LogP) is 3.75. The van der Waals surface area contributed by atoms with Crippen molar-refractivity contribution >= 4 is 15.9 Å². The number of hydrogen-bond donors (Lipinski definition) is 0. The highest BCUT2D eigenvalue weighted by atomic mass is 79.9. The molecule has 0 aliphatic heterocycles. The SMILES string of the molecule is CC(Br)c1cc(C(F)(F)F)co1. The molecule has 0 aliphatic rings. The van der Waals surface area contributed by atoms with Crippen LogP contribution < -0.4 is 0 Å². The molecule has 12 heavy (non-hydrogen) atoms. The lowest BCUT2D eigenvalue weighted by molar-refractivity contribution is -0.137. The number of alkyl halides is 4. The van der Waals surface area contributed by atoms with Crippen molar-refractivity contribution in [3.8, 4) is 0 Å². The van der Waals surface area contributed by atoms with Crippen LogP contribution in [0.3, 0.4) is 0 Å². The van der Waals surface area contributed by atoms with Gasteiger partial charge in [0.25, 0.3) is 0 Å². The Bertz CT molecular complexity index is 264. The van der Waals surface area contributed by atoms with Gasteiger partial charge in [0.15, 0.2) is 0 Å². The molecular formula is C7H6BrF3O. The highest BCUT2D eigenvalue weighted by Crippen LogP contribution is 2.33. The van der Waals surface area contributed by atoms with Crippen molar-refractivity contribution in [2.24, 2.45) is 0 Å². The molecule has 0 radical (unpaired) electrons. The smallest absolute Gasteiger partial charge is 0.419 e. The van der Waals surface area contributed by atoms with Gasteiger partial charge in [-0.25, -0.2) is 0 Å². The van der Waals surface area contributed by atoms with Crippen LogP contribution in [0, 0.1) is 0 Å². The van der Waals surface area contributed by atoms with Crippen LogP contribution >= 0.6 is 15.9 Å². The molecule has 0 fully saturated rings. The second-order valence-electron chi connectivity index (χ2n) is 2.35. The standard InChI is InChI=1S/C7H6BrF3O/c1-4(8)6-2-5(3-12-6)7(9,10)11/h2-4H,1H3. The van der Waals surface area contributed by atoms with E-state index in [9.17, 15) is 13.2 Å². The van der Waals surface area contributed by atoms with Gasteiger partial charge in [0.1, 0.15) is 12.0 Å². The van der Waals surface area contributed by atoms with E-state index < -0.39 is 11.7 Å². The van der Waals surface area contributed by atoms with Gasteiger partial charge in [-0.1, -0.05) is 15.9 Å². The summed E-state index contributed by atoms with van der Waals surface area (Å²) in [6.07, 6.45) is -3.60. The van der Waals surface area contributed by atoms with Crippen molar-refractivity contribution in [3.05, 3.63) is 23.7 Å². The van der Waals surface area contributed by atoms with Gasteiger partial charge in [0, 0.05) is 0 Å². The van der Waals surface area contributed by atoms with Gasteiger partial charge >= 0.3 is 6.18 Å². The van der Waals surface area contributed by atoms with Crippen LogP contribution in [0.15, 0.2) is 16.7 Å². The van der Waals surface area contributed by atoms with E-state index in [-0.39, 0.29) is 10.6 Å². The number of rotatable bonds is 1. The second kappa shape index (κ2) is 3.12. The minimum absolute atomic E-state index is 0.200. The summed E-state index contributed by atoms with van der Waals surface area (Å²) in [5.41, 5.74) is -0.746. The lowest BCUT2D eigenvalue weighted by Crippen LogP contribution is -2.02. The van der Waals surface area contributed by atoms with E-state index in [1.54, 1.807) is 6.92 Å². The van der Waals surface area contributed by atoms with Crippen molar-refractivity contribution in [1.82, 2.24) is 0 Å². The molecule has 1 aromatic heterocycles. The lowest BCUT2D eigenvalue weighted by Gasteiger charge is -1.99. The number of halogens is 4. The van der Waals surface area contributed by atoms with Gasteiger partial charge in [-0.3, -0.25) is 0 Å². The third kappa shape index (κ3) is 2.03. The van der Waals surface area contributed by atoms with Crippen LogP contribution in [0.1, 0.15) is 23.1 Å². The summed E-state index contributed by atoms with van der Waals surface area (Å²) in [7, 11) is 0. The fourth-order valence-corrected chi connectivity index (χ4v) is 0.950. The molecule has 1 aromatic rings. The summed E-state index contributed by atoms with van der Waals surface area (Å²) in [4.78, 5) is -0.200. The van der Waals surface area contributed by atoms with Crippen molar-refractivity contribution in [2.75, 3.05) is 0 Å². The Kier molecular flexibility index (Phi) is 2.51. The van der Waals surface area contributed by atoms with E-state index in [1.165, 1.54) is 0 Å². The molecule has 1 rings (SSSR count). The summed E-state index contributed by atoms with van der Waals surface area (Å²) in [6, 6.07) is 0.986. The van der Waals surface area contributed by atoms with Gasteiger partial charge in [0.2, 0.25) is 0 Å². The Morgan fingerprint density at radius 2 is 2.08 bits per heavy atom. The third-order valence-electron chi connectivity index (χ3n) is 1.34. The van der Waals surface area contributed by atoms with E-state index in [4.69, 9.17) is 0 Å². The maximum Gasteiger partial charge on any atom is 0.419 e. The highest BCUT2D eigenvalue weighted by molar-refractivity contribution is 9.09. The molecule has 0 saturated heterocycles. The predicted molar refractivity (Wildman–Crippen MR) is 41.1 cm³/mol. The topological polar surface area (TPSA) is 13.1 Å². The molecule has 1 atom stereocenters. The fourth-order valence-electron chi connectivity index (χ4n) is 0.710. The first kappa shape index (κ1) is 9.64. The zero-order valence-electron chi connectivity index (χ0n) is 6.15. The molecule has 1 unspecified atom stereocenters. The monoisotopic (exact) mass is 242 g/mol. The molecule has 0 aliphatic carbocycles. The first-order valence-corrected chi connectivity index (χ1v) is 4.12. The molecule has 0 saturated carbocycles. The second-order valence-corrected chi connectivity index (χ2v) is 3.73. The molecule has 0 N–H and O–H groups in total. The molecule has 0 aromatic carbocycles. The highest BCUT2D eigenvalue weighted by Gasteiger charge is 2.32. The van der Waals surface area contributed by atoms with E-state index in [2.05, 4.69) is 20.3 Å².